The molecule has 0 aliphatic heterocycles. The number of methoxy groups -OCH3 is 1. The minimum absolute atomic E-state index is 0.0378. The zero-order valence-electron chi connectivity index (χ0n) is 13.1. The number of amides is 1. The van der Waals surface area contributed by atoms with Crippen LogP contribution in [-0.4, -0.2) is 24.5 Å². The van der Waals surface area contributed by atoms with Crippen molar-refractivity contribution < 1.29 is 9.53 Å². The Morgan fingerprint density at radius 2 is 2.05 bits per heavy atom. The van der Waals surface area contributed by atoms with Gasteiger partial charge in [0.05, 0.1) is 17.6 Å². The number of hydrogen-bond donors (Lipinski definition) is 2. The molecular weight excluding hydrogens is 323 g/mol. The molecule has 0 aliphatic carbocycles. The Bertz CT molecular complexity index is 695. The van der Waals surface area contributed by atoms with Gasteiger partial charge in [-0.25, -0.2) is 0 Å². The van der Waals surface area contributed by atoms with Crippen LogP contribution in [0.3, 0.4) is 0 Å². The summed E-state index contributed by atoms with van der Waals surface area (Å²) in [6.45, 7) is 6.34. The van der Waals surface area contributed by atoms with E-state index < -0.39 is 0 Å². The first-order chi connectivity index (χ1) is 10.4. The molecule has 2 rings (SSSR count). The van der Waals surface area contributed by atoms with Crippen LogP contribution < -0.4 is 10.1 Å². The summed E-state index contributed by atoms with van der Waals surface area (Å²) in [5, 5.41) is 4.70. The zero-order valence-corrected chi connectivity index (χ0v) is 14.6. The van der Waals surface area contributed by atoms with Gasteiger partial charge in [-0.05, 0) is 17.5 Å². The van der Waals surface area contributed by atoms with Crippen LogP contribution in [0.5, 0.6) is 5.75 Å². The maximum absolute atomic E-state index is 11.2. The number of aromatic nitrogens is 1. The van der Waals surface area contributed by atoms with Crippen LogP contribution in [0.15, 0.2) is 12.3 Å². The Kier molecular flexibility index (Phi) is 5.24. The highest BCUT2D eigenvalue weighted by Crippen LogP contribution is 2.41. The maximum Gasteiger partial charge on any atom is 0.216 e. The number of aromatic amines is 1. The molecule has 1 atom stereocenters. The van der Waals surface area contributed by atoms with Crippen molar-refractivity contribution in [1.29, 1.82) is 0 Å². The van der Waals surface area contributed by atoms with Crippen molar-refractivity contribution in [3.8, 4) is 5.75 Å². The molecule has 0 spiro atoms. The first-order valence-corrected chi connectivity index (χ1v) is 7.89. The third kappa shape index (κ3) is 3.18. The zero-order chi connectivity index (χ0) is 16.4. The molecule has 0 saturated heterocycles. The average Bonchev–Trinajstić information content (AvgIpc) is 2.86. The number of carbonyl (C=O) groups is 1. The van der Waals surface area contributed by atoms with Crippen molar-refractivity contribution in [3.63, 3.8) is 0 Å². The van der Waals surface area contributed by atoms with Crippen molar-refractivity contribution in [3.05, 3.63) is 27.9 Å². The average molecular weight is 343 g/mol. The molecule has 0 radical (unpaired) electrons. The number of benzene rings is 1. The van der Waals surface area contributed by atoms with E-state index in [1.165, 1.54) is 6.92 Å². The summed E-state index contributed by atoms with van der Waals surface area (Å²) in [5.41, 5.74) is 1.88. The fourth-order valence-electron chi connectivity index (χ4n) is 2.61. The van der Waals surface area contributed by atoms with Crippen LogP contribution in [0.1, 0.15) is 32.3 Å². The van der Waals surface area contributed by atoms with E-state index in [4.69, 9.17) is 27.9 Å². The number of nitrogens with one attached hydrogen (secondary N) is 2. The molecule has 1 heterocycles. The minimum atomic E-state index is -0.0378. The van der Waals surface area contributed by atoms with E-state index in [-0.39, 0.29) is 11.8 Å². The van der Waals surface area contributed by atoms with Crippen LogP contribution in [0.25, 0.3) is 10.9 Å². The van der Waals surface area contributed by atoms with E-state index in [0.29, 0.717) is 28.3 Å². The van der Waals surface area contributed by atoms with Gasteiger partial charge in [0, 0.05) is 31.0 Å². The molecule has 2 N–H and O–H groups in total. The molecule has 4 nitrogen and oxygen atoms in total. The van der Waals surface area contributed by atoms with Gasteiger partial charge in [0.1, 0.15) is 10.8 Å². The number of ether oxygens (including phenoxy) is 1. The summed E-state index contributed by atoms with van der Waals surface area (Å²) in [5.74, 6) is 1.03. The van der Waals surface area contributed by atoms with Crippen LogP contribution in [0.4, 0.5) is 0 Å². The fourth-order valence-corrected chi connectivity index (χ4v) is 3.09. The second-order valence-corrected chi connectivity index (χ2v) is 6.42. The monoisotopic (exact) mass is 342 g/mol. The summed E-state index contributed by atoms with van der Waals surface area (Å²) in [6, 6.07) is 1.89. The van der Waals surface area contributed by atoms with Crippen LogP contribution in [0, 0.1) is 5.92 Å². The van der Waals surface area contributed by atoms with Crippen LogP contribution >= 0.6 is 23.2 Å². The Morgan fingerprint density at radius 1 is 1.36 bits per heavy atom. The van der Waals surface area contributed by atoms with Gasteiger partial charge in [-0.1, -0.05) is 37.0 Å². The Balaban J connectivity index is 2.54. The van der Waals surface area contributed by atoms with Crippen molar-refractivity contribution >= 4 is 40.0 Å². The van der Waals surface area contributed by atoms with E-state index in [9.17, 15) is 4.79 Å². The summed E-state index contributed by atoms with van der Waals surface area (Å²) in [7, 11) is 1.56. The lowest BCUT2D eigenvalue weighted by Gasteiger charge is -2.21. The van der Waals surface area contributed by atoms with Crippen molar-refractivity contribution in [1.82, 2.24) is 10.3 Å². The predicted octanol–water partition coefficient (Wildman–Crippen LogP) is 4.36. The van der Waals surface area contributed by atoms with Gasteiger partial charge in [0.15, 0.2) is 0 Å². The number of fused-ring (bicyclic) bond motifs is 1. The molecule has 1 amide bonds. The third-order valence-corrected chi connectivity index (χ3v) is 4.70. The van der Waals surface area contributed by atoms with E-state index in [2.05, 4.69) is 24.1 Å². The largest absolute Gasteiger partial charge is 0.495 e. The van der Waals surface area contributed by atoms with Crippen molar-refractivity contribution in [2.45, 2.75) is 26.7 Å². The molecule has 2 aromatic rings. The molecule has 1 aromatic carbocycles. The molecule has 0 aliphatic rings. The number of rotatable bonds is 5. The van der Waals surface area contributed by atoms with Gasteiger partial charge in [-0.15, -0.1) is 0 Å². The first kappa shape index (κ1) is 17.0. The summed E-state index contributed by atoms with van der Waals surface area (Å²) < 4.78 is 5.30. The summed E-state index contributed by atoms with van der Waals surface area (Å²) in [4.78, 5) is 14.4. The Morgan fingerprint density at radius 3 is 2.59 bits per heavy atom. The topological polar surface area (TPSA) is 54.1 Å². The molecule has 0 saturated carbocycles. The van der Waals surface area contributed by atoms with E-state index in [0.717, 1.165) is 16.5 Å². The van der Waals surface area contributed by atoms with Crippen molar-refractivity contribution in [2.24, 2.45) is 5.92 Å². The third-order valence-electron chi connectivity index (χ3n) is 3.85. The van der Waals surface area contributed by atoms with Gasteiger partial charge in [0.2, 0.25) is 5.91 Å². The fraction of sp³-hybridized carbons (Fsp3) is 0.438. The van der Waals surface area contributed by atoms with Crippen LogP contribution in [0.2, 0.25) is 10.0 Å². The lowest BCUT2D eigenvalue weighted by molar-refractivity contribution is -0.119. The summed E-state index contributed by atoms with van der Waals surface area (Å²) in [6.07, 6.45) is 1.93. The predicted molar refractivity (Wildman–Crippen MR) is 91.1 cm³/mol. The van der Waals surface area contributed by atoms with E-state index in [1.807, 2.05) is 12.3 Å². The number of hydrogen-bond acceptors (Lipinski definition) is 2. The minimum Gasteiger partial charge on any atom is -0.495 e. The highest BCUT2D eigenvalue weighted by atomic mass is 35.5. The lowest BCUT2D eigenvalue weighted by atomic mass is 9.88. The molecule has 120 valence electrons. The SMILES string of the molecule is COc1cc2c(C(CNC(C)=O)C(C)C)c[nH]c2c(Cl)c1Cl. The highest BCUT2D eigenvalue weighted by Gasteiger charge is 2.22. The van der Waals surface area contributed by atoms with Crippen molar-refractivity contribution in [2.75, 3.05) is 13.7 Å². The maximum atomic E-state index is 11.2. The summed E-state index contributed by atoms with van der Waals surface area (Å²) >= 11 is 12.5. The van der Waals surface area contributed by atoms with Gasteiger partial charge in [-0.2, -0.15) is 0 Å². The normalized spacial score (nSPS) is 12.7. The standard InChI is InChI=1S/C16H20Cl2N2O2/c1-8(2)11(6-19-9(3)21)12-7-20-16-10(12)5-13(22-4)14(17)15(16)18/h5,7-8,11,20H,6H2,1-4H3,(H,19,21). The van der Waals surface area contributed by atoms with Gasteiger partial charge < -0.3 is 15.0 Å². The second-order valence-electron chi connectivity index (χ2n) is 5.66. The molecule has 0 fully saturated rings. The van der Waals surface area contributed by atoms with Gasteiger partial charge >= 0.3 is 0 Å². The number of H-pyrrole nitrogens is 1. The first-order valence-electron chi connectivity index (χ1n) is 7.14. The molecule has 1 aromatic heterocycles. The molecule has 6 heteroatoms. The molecule has 0 bridgehead atoms. The highest BCUT2D eigenvalue weighted by molar-refractivity contribution is 6.46. The van der Waals surface area contributed by atoms with Gasteiger partial charge in [0.25, 0.3) is 0 Å². The number of halogens is 2. The second kappa shape index (κ2) is 6.80. The quantitative estimate of drug-likeness (QED) is 0.848. The van der Waals surface area contributed by atoms with E-state index >= 15 is 0 Å². The van der Waals surface area contributed by atoms with Gasteiger partial charge in [-0.3, -0.25) is 4.79 Å². The number of carbonyl (C=O) groups excluding carboxylic acids is 1. The smallest absolute Gasteiger partial charge is 0.216 e. The molecule has 1 unspecified atom stereocenters. The Hall–Kier alpha value is -1.39. The molecular formula is C16H20Cl2N2O2. The lowest BCUT2D eigenvalue weighted by Crippen LogP contribution is -2.28. The van der Waals surface area contributed by atoms with Crippen LogP contribution in [-0.2, 0) is 4.79 Å². The molecule has 22 heavy (non-hydrogen) atoms. The Labute approximate surface area is 140 Å². The van der Waals surface area contributed by atoms with E-state index in [1.54, 1.807) is 7.11 Å².